The van der Waals surface area contributed by atoms with Gasteiger partial charge in [0.25, 0.3) is 0 Å². The zero-order valence-electron chi connectivity index (χ0n) is 10.9. The highest BCUT2D eigenvalue weighted by molar-refractivity contribution is 5.47. The van der Waals surface area contributed by atoms with Gasteiger partial charge in [0.15, 0.2) is 0 Å². The number of hydrogen-bond acceptors (Lipinski definition) is 4. The summed E-state index contributed by atoms with van der Waals surface area (Å²) in [6.45, 7) is 3.01. The lowest BCUT2D eigenvalue weighted by Gasteiger charge is -2.24. The maximum atomic E-state index is 4.43. The van der Waals surface area contributed by atoms with Gasteiger partial charge in [0.1, 0.15) is 12.1 Å². The van der Waals surface area contributed by atoms with Gasteiger partial charge in [0.05, 0.1) is 5.69 Å². The Kier molecular flexibility index (Phi) is 3.74. The largest absolute Gasteiger partial charge is 0.369 e. The molecule has 1 saturated carbocycles. The minimum absolute atomic E-state index is 0.839. The molecule has 0 unspecified atom stereocenters. The van der Waals surface area contributed by atoms with Crippen molar-refractivity contribution < 1.29 is 0 Å². The predicted octanol–water partition coefficient (Wildman–Crippen LogP) is 2.11. The third kappa shape index (κ3) is 2.64. The van der Waals surface area contributed by atoms with Gasteiger partial charge in [-0.25, -0.2) is 9.97 Å². The van der Waals surface area contributed by atoms with Crippen molar-refractivity contribution >= 4 is 5.82 Å². The number of rotatable bonds is 3. The summed E-state index contributed by atoms with van der Waals surface area (Å²) < 4.78 is 0. The number of hydrogen-bond donors (Lipinski definition) is 2. The van der Waals surface area contributed by atoms with Gasteiger partial charge in [-0.15, -0.1) is 0 Å². The van der Waals surface area contributed by atoms with Crippen LogP contribution in [0.1, 0.15) is 43.4 Å². The molecular weight excluding hydrogens is 224 g/mol. The molecule has 2 aliphatic rings. The van der Waals surface area contributed by atoms with Crippen molar-refractivity contribution in [2.75, 3.05) is 18.4 Å². The molecule has 0 radical (unpaired) electrons. The average molecular weight is 246 g/mol. The van der Waals surface area contributed by atoms with Gasteiger partial charge in [0, 0.05) is 18.7 Å². The molecule has 0 bridgehead atoms. The Morgan fingerprint density at radius 3 is 3.00 bits per heavy atom. The highest BCUT2D eigenvalue weighted by atomic mass is 15.0. The van der Waals surface area contributed by atoms with Crippen LogP contribution in [0.3, 0.4) is 0 Å². The summed E-state index contributed by atoms with van der Waals surface area (Å²) in [6, 6.07) is 0. The second kappa shape index (κ2) is 5.65. The topological polar surface area (TPSA) is 49.8 Å². The molecule has 1 fully saturated rings. The molecule has 4 nitrogen and oxygen atoms in total. The standard InChI is InChI=1S/C14H22N4/c1-2-4-11(5-3-1)8-16-14-12-6-7-15-9-13(12)17-10-18-14/h10-11,15H,1-9H2,(H,16,17,18). The molecule has 1 aliphatic heterocycles. The van der Waals surface area contributed by atoms with E-state index in [2.05, 4.69) is 20.6 Å². The van der Waals surface area contributed by atoms with E-state index in [0.717, 1.165) is 37.8 Å². The smallest absolute Gasteiger partial charge is 0.132 e. The van der Waals surface area contributed by atoms with Crippen LogP contribution in [0.15, 0.2) is 6.33 Å². The number of fused-ring (bicyclic) bond motifs is 1. The molecular formula is C14H22N4. The van der Waals surface area contributed by atoms with Gasteiger partial charge in [0.2, 0.25) is 0 Å². The van der Waals surface area contributed by atoms with Crippen LogP contribution in [0, 0.1) is 5.92 Å². The first kappa shape index (κ1) is 11.9. The first-order valence-corrected chi connectivity index (χ1v) is 7.21. The molecule has 3 rings (SSSR count). The first-order chi connectivity index (χ1) is 8.93. The van der Waals surface area contributed by atoms with E-state index in [1.807, 2.05) is 0 Å². The predicted molar refractivity (Wildman–Crippen MR) is 72.5 cm³/mol. The first-order valence-electron chi connectivity index (χ1n) is 7.21. The van der Waals surface area contributed by atoms with E-state index in [1.165, 1.54) is 43.4 Å². The lowest BCUT2D eigenvalue weighted by molar-refractivity contribution is 0.373. The summed E-state index contributed by atoms with van der Waals surface area (Å²) in [5.74, 6) is 1.91. The molecule has 4 heteroatoms. The molecule has 2 heterocycles. The van der Waals surface area contributed by atoms with E-state index >= 15 is 0 Å². The second-order valence-electron chi connectivity index (χ2n) is 5.46. The Balaban J connectivity index is 1.65. The molecule has 1 aliphatic carbocycles. The molecule has 2 N–H and O–H groups in total. The van der Waals surface area contributed by atoms with E-state index in [-0.39, 0.29) is 0 Å². The maximum absolute atomic E-state index is 4.43. The minimum Gasteiger partial charge on any atom is -0.369 e. The van der Waals surface area contributed by atoms with Gasteiger partial charge >= 0.3 is 0 Å². The van der Waals surface area contributed by atoms with Crippen LogP contribution in [-0.2, 0) is 13.0 Å². The van der Waals surface area contributed by atoms with Crippen molar-refractivity contribution in [2.24, 2.45) is 5.92 Å². The quantitative estimate of drug-likeness (QED) is 0.857. The summed E-state index contributed by atoms with van der Waals surface area (Å²) in [4.78, 5) is 8.79. The summed E-state index contributed by atoms with van der Waals surface area (Å²) in [5.41, 5.74) is 2.49. The van der Waals surface area contributed by atoms with E-state index in [1.54, 1.807) is 6.33 Å². The minimum atomic E-state index is 0.839. The van der Waals surface area contributed by atoms with Crippen LogP contribution in [-0.4, -0.2) is 23.1 Å². The Bertz CT molecular complexity index is 399. The third-order valence-electron chi connectivity index (χ3n) is 4.16. The molecule has 0 saturated heterocycles. The summed E-state index contributed by atoms with van der Waals surface area (Å²) >= 11 is 0. The molecule has 98 valence electrons. The van der Waals surface area contributed by atoms with Gasteiger partial charge in [-0.05, 0) is 31.7 Å². The zero-order valence-corrected chi connectivity index (χ0v) is 10.9. The fourth-order valence-corrected chi connectivity index (χ4v) is 3.07. The fourth-order valence-electron chi connectivity index (χ4n) is 3.07. The molecule has 0 atom stereocenters. The number of nitrogens with one attached hydrogen (secondary N) is 2. The SMILES string of the molecule is c1nc2c(c(NCC3CCCCC3)n1)CCNC2. The van der Waals surface area contributed by atoms with Crippen LogP contribution in [0.25, 0.3) is 0 Å². The van der Waals surface area contributed by atoms with Crippen LogP contribution in [0.5, 0.6) is 0 Å². The van der Waals surface area contributed by atoms with Crippen LogP contribution >= 0.6 is 0 Å². The van der Waals surface area contributed by atoms with Gasteiger partial charge in [-0.2, -0.15) is 0 Å². The monoisotopic (exact) mass is 246 g/mol. The van der Waals surface area contributed by atoms with Crippen molar-refractivity contribution in [2.45, 2.75) is 45.1 Å². The van der Waals surface area contributed by atoms with Gasteiger partial charge in [-0.1, -0.05) is 19.3 Å². The Hall–Kier alpha value is -1.16. The van der Waals surface area contributed by atoms with Crippen molar-refractivity contribution in [3.63, 3.8) is 0 Å². The maximum Gasteiger partial charge on any atom is 0.132 e. The van der Waals surface area contributed by atoms with Crippen LogP contribution in [0.2, 0.25) is 0 Å². The third-order valence-corrected chi connectivity index (χ3v) is 4.16. The lowest BCUT2D eigenvalue weighted by atomic mass is 9.89. The van der Waals surface area contributed by atoms with Crippen molar-refractivity contribution in [3.05, 3.63) is 17.6 Å². The molecule has 1 aromatic heterocycles. The fraction of sp³-hybridized carbons (Fsp3) is 0.714. The zero-order chi connectivity index (χ0) is 12.2. The molecule has 1 aromatic rings. The Morgan fingerprint density at radius 1 is 1.22 bits per heavy atom. The summed E-state index contributed by atoms with van der Waals surface area (Å²) in [7, 11) is 0. The molecule has 0 aromatic carbocycles. The summed E-state index contributed by atoms with van der Waals surface area (Å²) in [5, 5.41) is 6.92. The molecule has 18 heavy (non-hydrogen) atoms. The van der Waals surface area contributed by atoms with E-state index in [9.17, 15) is 0 Å². The number of anilines is 1. The Morgan fingerprint density at radius 2 is 2.11 bits per heavy atom. The normalized spacial score (nSPS) is 20.4. The van der Waals surface area contributed by atoms with E-state index in [4.69, 9.17) is 0 Å². The Labute approximate surface area is 109 Å². The second-order valence-corrected chi connectivity index (χ2v) is 5.46. The summed E-state index contributed by atoms with van der Waals surface area (Å²) in [6.07, 6.45) is 9.71. The van der Waals surface area contributed by atoms with E-state index in [0.29, 0.717) is 0 Å². The van der Waals surface area contributed by atoms with E-state index < -0.39 is 0 Å². The van der Waals surface area contributed by atoms with Gasteiger partial charge in [-0.3, -0.25) is 0 Å². The average Bonchev–Trinajstić information content (AvgIpc) is 2.46. The number of nitrogens with zero attached hydrogens (tertiary/aromatic N) is 2. The van der Waals surface area contributed by atoms with Crippen molar-refractivity contribution in [3.8, 4) is 0 Å². The highest BCUT2D eigenvalue weighted by Crippen LogP contribution is 2.25. The molecule has 0 amide bonds. The van der Waals surface area contributed by atoms with Crippen LogP contribution < -0.4 is 10.6 Å². The van der Waals surface area contributed by atoms with Crippen LogP contribution in [0.4, 0.5) is 5.82 Å². The van der Waals surface area contributed by atoms with Gasteiger partial charge < -0.3 is 10.6 Å². The lowest BCUT2D eigenvalue weighted by Crippen LogP contribution is -2.27. The van der Waals surface area contributed by atoms with Crippen molar-refractivity contribution in [1.29, 1.82) is 0 Å². The number of aromatic nitrogens is 2. The molecule has 0 spiro atoms. The highest BCUT2D eigenvalue weighted by Gasteiger charge is 2.17. The van der Waals surface area contributed by atoms with Crippen molar-refractivity contribution in [1.82, 2.24) is 15.3 Å².